The normalized spacial score (nSPS) is 9.75. The van der Waals surface area contributed by atoms with Crippen molar-refractivity contribution < 1.29 is 13.6 Å². The summed E-state index contributed by atoms with van der Waals surface area (Å²) in [6, 6.07) is 9.39. The number of carbonyl (C=O) groups excluding carboxylic acids is 1. The zero-order chi connectivity index (χ0) is 18.1. The van der Waals surface area contributed by atoms with Crippen molar-refractivity contribution in [1.82, 2.24) is 5.43 Å². The predicted molar refractivity (Wildman–Crippen MR) is 96.0 cm³/mol. The molecule has 0 bridgehead atoms. The molecule has 5 N–H and O–H groups in total. The fraction of sp³-hybridized carbons (Fsp3) is 0.133. The molecule has 0 fully saturated rings. The van der Waals surface area contributed by atoms with Crippen molar-refractivity contribution in [2.45, 2.75) is 10.6 Å². The van der Waals surface area contributed by atoms with Gasteiger partial charge in [0.1, 0.15) is 11.6 Å². The summed E-state index contributed by atoms with van der Waals surface area (Å²) in [6.07, 6.45) is 0.403. The minimum absolute atomic E-state index is 0.302. The highest BCUT2D eigenvalue weighted by molar-refractivity contribution is 9.10. The molecule has 9 heteroatoms. The number of anilines is 1. The highest BCUT2D eigenvalue weighted by Gasteiger charge is 2.12. The van der Waals surface area contributed by atoms with Gasteiger partial charge in [0.2, 0.25) is 6.41 Å². The van der Waals surface area contributed by atoms with E-state index in [9.17, 15) is 8.78 Å². The van der Waals surface area contributed by atoms with Gasteiger partial charge in [0.25, 0.3) is 0 Å². The first-order valence-corrected chi connectivity index (χ1v) is 8.42. The molecule has 0 saturated carbocycles. The fourth-order valence-corrected chi connectivity index (χ4v) is 3.27. The fourth-order valence-electron chi connectivity index (χ4n) is 1.76. The van der Waals surface area contributed by atoms with Crippen LogP contribution in [0.2, 0.25) is 0 Å². The molecule has 0 aromatic heterocycles. The minimum Gasteiger partial charge on any atom is -0.314 e. The van der Waals surface area contributed by atoms with Crippen LogP contribution >= 0.6 is 27.7 Å². The summed E-state index contributed by atoms with van der Waals surface area (Å²) in [4.78, 5) is 9.40. The van der Waals surface area contributed by atoms with Crippen LogP contribution in [0, 0.1) is 11.6 Å². The molecule has 0 spiro atoms. The predicted octanol–water partition coefficient (Wildman–Crippen LogP) is 2.94. The van der Waals surface area contributed by atoms with E-state index < -0.39 is 0 Å². The van der Waals surface area contributed by atoms with Gasteiger partial charge in [-0.2, -0.15) is 0 Å². The molecule has 2 aromatic rings. The number of thioether (sulfide) groups is 1. The Morgan fingerprint density at radius 3 is 2.54 bits per heavy atom. The number of rotatable bonds is 5. The van der Waals surface area contributed by atoms with Crippen molar-refractivity contribution in [3.05, 3.63) is 58.1 Å². The van der Waals surface area contributed by atoms with Crippen LogP contribution in [0.5, 0.6) is 0 Å². The van der Waals surface area contributed by atoms with Crippen LogP contribution < -0.4 is 22.1 Å². The molecule has 0 aliphatic rings. The molecule has 130 valence electrons. The molecule has 5 nitrogen and oxygen atoms in total. The lowest BCUT2D eigenvalue weighted by Crippen LogP contribution is -2.26. The topological polar surface area (TPSA) is 84.4 Å². The number of hydrazine groups is 2. The number of nitrogens with zero attached hydrogens (tertiary/aromatic N) is 1. The lowest BCUT2D eigenvalue weighted by atomic mass is 10.2. The van der Waals surface area contributed by atoms with Gasteiger partial charge in [0, 0.05) is 27.7 Å². The second kappa shape index (κ2) is 10.2. The summed E-state index contributed by atoms with van der Waals surface area (Å²) < 4.78 is 28.3. The first-order valence-electron chi connectivity index (χ1n) is 6.64. The van der Waals surface area contributed by atoms with Crippen LogP contribution in [0.1, 0.15) is 5.56 Å². The SMILES string of the molecule is CN(N)c1cccc(F)c1CSc1cc(Br)ccc1F.NNC=O. The number of hydrogen-bond donors (Lipinski definition) is 3. The first-order chi connectivity index (χ1) is 11.4. The highest BCUT2D eigenvalue weighted by Crippen LogP contribution is 2.32. The van der Waals surface area contributed by atoms with E-state index in [0.717, 1.165) is 4.47 Å². The third-order valence-corrected chi connectivity index (χ3v) is 4.36. The average molecular weight is 419 g/mol. The van der Waals surface area contributed by atoms with E-state index in [1.807, 2.05) is 0 Å². The molecule has 0 heterocycles. The lowest BCUT2D eigenvalue weighted by Gasteiger charge is -2.17. The Labute approximate surface area is 151 Å². The Morgan fingerprint density at radius 2 is 1.96 bits per heavy atom. The number of halogens is 3. The number of benzene rings is 2. The molecular weight excluding hydrogens is 402 g/mol. The quantitative estimate of drug-likeness (QED) is 0.228. The number of amides is 1. The van der Waals surface area contributed by atoms with Gasteiger partial charge in [-0.25, -0.2) is 20.5 Å². The zero-order valence-electron chi connectivity index (χ0n) is 12.8. The van der Waals surface area contributed by atoms with Crippen LogP contribution in [-0.2, 0) is 10.5 Å². The minimum atomic E-state index is -0.345. The van der Waals surface area contributed by atoms with Crippen LogP contribution in [0.3, 0.4) is 0 Å². The second-order valence-corrected chi connectivity index (χ2v) is 6.43. The third-order valence-electron chi connectivity index (χ3n) is 2.81. The molecule has 0 saturated heterocycles. The maximum Gasteiger partial charge on any atom is 0.221 e. The summed E-state index contributed by atoms with van der Waals surface area (Å²) in [5, 5.41) is 1.36. The summed E-state index contributed by atoms with van der Waals surface area (Å²) in [6.45, 7) is 0. The Balaban J connectivity index is 0.000000648. The summed E-state index contributed by atoms with van der Waals surface area (Å²) >= 11 is 4.53. The molecule has 2 aromatic carbocycles. The van der Waals surface area contributed by atoms with Gasteiger partial charge in [0.05, 0.1) is 5.69 Å². The van der Waals surface area contributed by atoms with Crippen LogP contribution in [0.15, 0.2) is 45.8 Å². The van der Waals surface area contributed by atoms with E-state index in [1.54, 1.807) is 36.7 Å². The van der Waals surface area contributed by atoms with Crippen LogP contribution in [0.25, 0.3) is 0 Å². The summed E-state index contributed by atoms with van der Waals surface area (Å²) in [5.74, 6) is 9.73. The third kappa shape index (κ3) is 6.08. The van der Waals surface area contributed by atoms with E-state index in [1.165, 1.54) is 28.9 Å². The van der Waals surface area contributed by atoms with Gasteiger partial charge in [-0.1, -0.05) is 22.0 Å². The molecule has 2 rings (SSSR count). The van der Waals surface area contributed by atoms with Gasteiger partial charge in [-0.15, -0.1) is 11.8 Å². The highest BCUT2D eigenvalue weighted by atomic mass is 79.9. The molecule has 1 amide bonds. The van der Waals surface area contributed by atoms with Crippen molar-refractivity contribution >= 4 is 39.8 Å². The largest absolute Gasteiger partial charge is 0.314 e. The number of nitrogens with two attached hydrogens (primary N) is 2. The van der Waals surface area contributed by atoms with E-state index in [2.05, 4.69) is 21.8 Å². The average Bonchev–Trinajstić information content (AvgIpc) is 2.56. The van der Waals surface area contributed by atoms with Crippen molar-refractivity contribution in [3.63, 3.8) is 0 Å². The Bertz CT molecular complexity index is 689. The molecule has 24 heavy (non-hydrogen) atoms. The second-order valence-electron chi connectivity index (χ2n) is 4.50. The van der Waals surface area contributed by atoms with Crippen molar-refractivity contribution in [2.24, 2.45) is 11.7 Å². The smallest absolute Gasteiger partial charge is 0.221 e. The Morgan fingerprint density at radius 1 is 1.29 bits per heavy atom. The maximum absolute atomic E-state index is 13.9. The first kappa shape index (κ1) is 20.4. The standard InChI is InChI=1S/C14H13BrF2N2S.CH4N2O/c1-19(18)13-4-2-3-11(16)10(13)8-20-14-7-9(15)5-6-12(14)17;2-3-1-4/h2-7H,8,18H2,1H3;1H,2H2,(H,3,4). The van der Waals surface area contributed by atoms with E-state index in [-0.39, 0.29) is 11.6 Å². The lowest BCUT2D eigenvalue weighted by molar-refractivity contribution is -0.109. The molecule has 0 radical (unpaired) electrons. The van der Waals surface area contributed by atoms with Crippen LogP contribution in [-0.4, -0.2) is 13.5 Å². The maximum atomic E-state index is 13.9. The van der Waals surface area contributed by atoms with Gasteiger partial charge < -0.3 is 5.01 Å². The van der Waals surface area contributed by atoms with E-state index in [4.69, 9.17) is 10.6 Å². The van der Waals surface area contributed by atoms with Crippen molar-refractivity contribution in [2.75, 3.05) is 12.1 Å². The molecule has 0 aliphatic carbocycles. The molecular formula is C15H17BrF2N4OS. The van der Waals surface area contributed by atoms with Gasteiger partial charge in [-0.3, -0.25) is 10.2 Å². The molecule has 0 unspecified atom stereocenters. The van der Waals surface area contributed by atoms with Crippen molar-refractivity contribution in [3.8, 4) is 0 Å². The Hall–Kier alpha value is -1.68. The summed E-state index contributed by atoms with van der Waals surface area (Å²) in [5.41, 5.74) is 2.80. The number of hydrogen-bond acceptors (Lipinski definition) is 5. The van der Waals surface area contributed by atoms with E-state index in [0.29, 0.717) is 28.3 Å². The van der Waals surface area contributed by atoms with Crippen molar-refractivity contribution in [1.29, 1.82) is 0 Å². The van der Waals surface area contributed by atoms with Crippen LogP contribution in [0.4, 0.5) is 14.5 Å². The zero-order valence-corrected chi connectivity index (χ0v) is 15.2. The van der Waals surface area contributed by atoms with Gasteiger partial charge in [0.15, 0.2) is 0 Å². The Kier molecular flexibility index (Phi) is 8.69. The number of carbonyl (C=O) groups is 1. The molecule has 0 atom stereocenters. The monoisotopic (exact) mass is 418 g/mol. The van der Waals surface area contributed by atoms with E-state index >= 15 is 0 Å². The number of nitrogens with one attached hydrogen (secondary N) is 1. The summed E-state index contributed by atoms with van der Waals surface area (Å²) in [7, 11) is 1.64. The molecule has 0 aliphatic heterocycles. The van der Waals surface area contributed by atoms with Gasteiger partial charge >= 0.3 is 0 Å². The van der Waals surface area contributed by atoms with Gasteiger partial charge in [-0.05, 0) is 30.3 Å².